The number of nitrogens with zero attached hydrogens (tertiary/aromatic N) is 1. The number of benzene rings is 1. The lowest BCUT2D eigenvalue weighted by Gasteiger charge is -2.30. The summed E-state index contributed by atoms with van der Waals surface area (Å²) in [7, 11) is 0. The van der Waals surface area contributed by atoms with Crippen molar-refractivity contribution in [3.63, 3.8) is 0 Å². The number of carbonyl (C=O) groups excluding carboxylic acids is 3. The second-order valence-corrected chi connectivity index (χ2v) is 5.61. The normalized spacial score (nSPS) is 15.0. The number of piperidine rings is 1. The topological polar surface area (TPSA) is 98.9 Å². The quantitative estimate of drug-likeness (QED) is 0.642. The Hall–Kier alpha value is -2.57. The van der Waals surface area contributed by atoms with E-state index >= 15 is 0 Å². The highest BCUT2D eigenvalue weighted by atomic mass is 16.5. The highest BCUT2D eigenvalue weighted by Gasteiger charge is 2.28. The third-order valence-corrected chi connectivity index (χ3v) is 3.94. The zero-order valence-electron chi connectivity index (χ0n) is 13.7. The molecular weight excluding hydrogens is 312 g/mol. The molecule has 2 N–H and O–H groups in total. The van der Waals surface area contributed by atoms with Gasteiger partial charge in [-0.15, -0.1) is 0 Å². The first-order valence-electron chi connectivity index (χ1n) is 7.98. The average Bonchev–Trinajstić information content (AvgIpc) is 2.60. The number of ether oxygens (including phenoxy) is 2. The van der Waals surface area contributed by atoms with E-state index in [1.807, 2.05) is 0 Å². The summed E-state index contributed by atoms with van der Waals surface area (Å²) in [5.74, 6) is -1.20. The number of likely N-dealkylation sites (tertiary alicyclic amines) is 1. The molecule has 0 aromatic heterocycles. The van der Waals surface area contributed by atoms with Crippen LogP contribution in [0.5, 0.6) is 0 Å². The first-order chi connectivity index (χ1) is 11.5. The first-order valence-corrected chi connectivity index (χ1v) is 7.98. The Morgan fingerprint density at radius 1 is 1.12 bits per heavy atom. The van der Waals surface area contributed by atoms with E-state index in [4.69, 9.17) is 15.2 Å². The fourth-order valence-corrected chi connectivity index (χ4v) is 2.55. The SMILES string of the molecule is CCOC(=O)C1CCN(C(=O)COC(=O)c2ccc(N)cc2)CC1. The van der Waals surface area contributed by atoms with Crippen molar-refractivity contribution in [2.24, 2.45) is 5.92 Å². The maximum Gasteiger partial charge on any atom is 0.338 e. The maximum absolute atomic E-state index is 12.1. The summed E-state index contributed by atoms with van der Waals surface area (Å²) >= 11 is 0. The Balaban J connectivity index is 1.76. The predicted molar refractivity (Wildman–Crippen MR) is 87.1 cm³/mol. The van der Waals surface area contributed by atoms with Crippen LogP contribution in [0.15, 0.2) is 24.3 Å². The van der Waals surface area contributed by atoms with Crippen molar-refractivity contribution >= 4 is 23.5 Å². The van der Waals surface area contributed by atoms with Crippen LogP contribution in [0.2, 0.25) is 0 Å². The molecule has 1 aliphatic heterocycles. The molecule has 1 saturated heterocycles. The van der Waals surface area contributed by atoms with Gasteiger partial charge in [-0.3, -0.25) is 9.59 Å². The van der Waals surface area contributed by atoms with Gasteiger partial charge in [-0.1, -0.05) is 0 Å². The van der Waals surface area contributed by atoms with Gasteiger partial charge in [0.05, 0.1) is 18.1 Å². The highest BCUT2D eigenvalue weighted by molar-refractivity contribution is 5.91. The van der Waals surface area contributed by atoms with Gasteiger partial charge in [-0.2, -0.15) is 0 Å². The van der Waals surface area contributed by atoms with Crippen molar-refractivity contribution in [3.05, 3.63) is 29.8 Å². The van der Waals surface area contributed by atoms with E-state index < -0.39 is 5.97 Å². The van der Waals surface area contributed by atoms with Crippen LogP contribution in [0.3, 0.4) is 0 Å². The second-order valence-electron chi connectivity index (χ2n) is 5.61. The van der Waals surface area contributed by atoms with Crippen molar-refractivity contribution in [1.82, 2.24) is 4.90 Å². The molecule has 1 fully saturated rings. The molecule has 0 atom stereocenters. The molecule has 7 nitrogen and oxygen atoms in total. The molecule has 130 valence electrons. The Labute approximate surface area is 140 Å². The molecule has 1 aliphatic rings. The molecule has 7 heteroatoms. The number of hydrogen-bond donors (Lipinski definition) is 1. The van der Waals surface area contributed by atoms with Crippen LogP contribution in [0.4, 0.5) is 5.69 Å². The van der Waals surface area contributed by atoms with E-state index in [2.05, 4.69) is 0 Å². The van der Waals surface area contributed by atoms with Crippen LogP contribution >= 0.6 is 0 Å². The summed E-state index contributed by atoms with van der Waals surface area (Å²) in [6.45, 7) is 2.74. The molecule has 0 radical (unpaired) electrons. The zero-order valence-corrected chi connectivity index (χ0v) is 13.7. The minimum atomic E-state index is -0.565. The smallest absolute Gasteiger partial charge is 0.338 e. The Morgan fingerprint density at radius 2 is 1.75 bits per heavy atom. The number of carbonyl (C=O) groups is 3. The molecule has 0 unspecified atom stereocenters. The minimum Gasteiger partial charge on any atom is -0.466 e. The number of amides is 1. The number of nitrogens with two attached hydrogens (primary N) is 1. The summed E-state index contributed by atoms with van der Waals surface area (Å²) in [5, 5.41) is 0. The van der Waals surface area contributed by atoms with Crippen LogP contribution in [-0.2, 0) is 19.1 Å². The van der Waals surface area contributed by atoms with Gasteiger partial charge >= 0.3 is 11.9 Å². The van der Waals surface area contributed by atoms with Crippen LogP contribution in [0.1, 0.15) is 30.1 Å². The lowest BCUT2D eigenvalue weighted by Crippen LogP contribution is -2.42. The van der Waals surface area contributed by atoms with E-state index in [0.717, 1.165) is 0 Å². The minimum absolute atomic E-state index is 0.161. The van der Waals surface area contributed by atoms with E-state index in [0.29, 0.717) is 43.8 Å². The van der Waals surface area contributed by atoms with E-state index in [1.54, 1.807) is 36.1 Å². The fraction of sp³-hybridized carbons (Fsp3) is 0.471. The molecule has 2 rings (SSSR count). The molecular formula is C17H22N2O5. The van der Waals surface area contributed by atoms with Crippen molar-refractivity contribution in [2.45, 2.75) is 19.8 Å². The average molecular weight is 334 g/mol. The molecule has 1 heterocycles. The molecule has 0 aliphatic carbocycles. The van der Waals surface area contributed by atoms with Crippen molar-refractivity contribution < 1.29 is 23.9 Å². The molecule has 1 aromatic carbocycles. The monoisotopic (exact) mass is 334 g/mol. The molecule has 0 bridgehead atoms. The Bertz CT molecular complexity index is 592. The Morgan fingerprint density at radius 3 is 2.33 bits per heavy atom. The number of esters is 2. The lowest BCUT2D eigenvalue weighted by molar-refractivity contribution is -0.151. The van der Waals surface area contributed by atoms with Gasteiger partial charge in [0.1, 0.15) is 0 Å². The number of rotatable bonds is 5. The molecule has 1 amide bonds. The molecule has 24 heavy (non-hydrogen) atoms. The third-order valence-electron chi connectivity index (χ3n) is 3.94. The number of anilines is 1. The van der Waals surface area contributed by atoms with Gasteiger partial charge < -0.3 is 20.1 Å². The molecule has 0 spiro atoms. The largest absolute Gasteiger partial charge is 0.466 e. The van der Waals surface area contributed by atoms with Crippen LogP contribution in [-0.4, -0.2) is 49.0 Å². The lowest BCUT2D eigenvalue weighted by atomic mass is 9.97. The van der Waals surface area contributed by atoms with Crippen molar-refractivity contribution in [3.8, 4) is 0 Å². The van der Waals surface area contributed by atoms with Gasteiger partial charge in [0.2, 0.25) is 0 Å². The zero-order chi connectivity index (χ0) is 17.5. The van der Waals surface area contributed by atoms with Crippen molar-refractivity contribution in [1.29, 1.82) is 0 Å². The van der Waals surface area contributed by atoms with Crippen LogP contribution < -0.4 is 5.73 Å². The van der Waals surface area contributed by atoms with Gasteiger partial charge in [-0.05, 0) is 44.0 Å². The number of hydrogen-bond acceptors (Lipinski definition) is 6. The summed E-state index contributed by atoms with van der Waals surface area (Å²) in [6.07, 6.45) is 1.13. The second kappa shape index (κ2) is 8.33. The first kappa shape index (κ1) is 17.8. The van der Waals surface area contributed by atoms with Crippen LogP contribution in [0, 0.1) is 5.92 Å². The van der Waals surface area contributed by atoms with Gasteiger partial charge in [-0.25, -0.2) is 4.79 Å². The van der Waals surface area contributed by atoms with E-state index in [-0.39, 0.29) is 24.4 Å². The van der Waals surface area contributed by atoms with Gasteiger partial charge in [0.25, 0.3) is 5.91 Å². The summed E-state index contributed by atoms with van der Waals surface area (Å²) in [5.41, 5.74) is 6.45. The number of nitrogen functional groups attached to an aromatic ring is 1. The molecule has 0 saturated carbocycles. The molecule has 1 aromatic rings. The predicted octanol–water partition coefficient (Wildman–Crippen LogP) is 1.23. The van der Waals surface area contributed by atoms with E-state index in [9.17, 15) is 14.4 Å². The van der Waals surface area contributed by atoms with E-state index in [1.165, 1.54) is 0 Å². The highest BCUT2D eigenvalue weighted by Crippen LogP contribution is 2.19. The van der Waals surface area contributed by atoms with Crippen LogP contribution in [0.25, 0.3) is 0 Å². The van der Waals surface area contributed by atoms with Gasteiger partial charge in [0, 0.05) is 18.8 Å². The van der Waals surface area contributed by atoms with Crippen molar-refractivity contribution in [2.75, 3.05) is 32.0 Å². The summed E-state index contributed by atoms with van der Waals surface area (Å²) in [6, 6.07) is 6.29. The fourth-order valence-electron chi connectivity index (χ4n) is 2.55. The maximum atomic E-state index is 12.1. The summed E-state index contributed by atoms with van der Waals surface area (Å²) in [4.78, 5) is 37.2. The Kier molecular flexibility index (Phi) is 6.17. The third kappa shape index (κ3) is 4.71. The summed E-state index contributed by atoms with van der Waals surface area (Å²) < 4.78 is 10.0. The van der Waals surface area contributed by atoms with Gasteiger partial charge in [0.15, 0.2) is 6.61 Å². The standard InChI is InChI=1S/C17H22N2O5/c1-2-23-16(21)13-7-9-19(10-8-13)15(20)11-24-17(22)12-3-5-14(18)6-4-12/h3-6,13H,2,7-11,18H2,1H3.